The van der Waals surface area contributed by atoms with Gasteiger partial charge in [0.2, 0.25) is 11.8 Å². The molecule has 30 heavy (non-hydrogen) atoms. The lowest BCUT2D eigenvalue weighted by atomic mass is 10.0. The number of carbonyl (C=O) groups is 4. The number of amides is 4. The Labute approximate surface area is 176 Å². The fourth-order valence-electron chi connectivity index (χ4n) is 5.01. The zero-order chi connectivity index (χ0) is 21.4. The number of fused-ring (bicyclic) bond motifs is 1. The van der Waals surface area contributed by atoms with E-state index in [1.807, 2.05) is 6.07 Å². The summed E-state index contributed by atoms with van der Waals surface area (Å²) < 4.78 is 0. The zero-order valence-corrected chi connectivity index (χ0v) is 17.4. The van der Waals surface area contributed by atoms with Gasteiger partial charge in [0.05, 0.1) is 11.1 Å². The normalized spacial score (nSPS) is 26.4. The Hall–Kier alpha value is -2.74. The van der Waals surface area contributed by atoms with E-state index in [0.29, 0.717) is 23.2 Å². The van der Waals surface area contributed by atoms with Gasteiger partial charge >= 0.3 is 0 Å². The number of benzene rings is 1. The number of nitrogens with zero attached hydrogens (tertiary/aromatic N) is 2. The van der Waals surface area contributed by atoms with Gasteiger partial charge in [0, 0.05) is 24.2 Å². The lowest BCUT2D eigenvalue weighted by Crippen LogP contribution is -2.54. The Balaban J connectivity index is 1.54. The van der Waals surface area contributed by atoms with Crippen molar-refractivity contribution in [3.8, 4) is 0 Å². The van der Waals surface area contributed by atoms with Crippen molar-refractivity contribution in [1.29, 1.82) is 0 Å². The first kappa shape index (κ1) is 20.5. The van der Waals surface area contributed by atoms with Crippen molar-refractivity contribution in [2.75, 3.05) is 18.4 Å². The number of imide groups is 2. The first-order chi connectivity index (χ1) is 14.4. The number of carbonyl (C=O) groups excluding carboxylic acids is 4. The van der Waals surface area contributed by atoms with Crippen LogP contribution in [0.5, 0.6) is 0 Å². The molecule has 4 amide bonds. The molecular weight excluding hydrogens is 384 g/mol. The Morgan fingerprint density at radius 2 is 1.77 bits per heavy atom. The molecule has 1 saturated heterocycles. The summed E-state index contributed by atoms with van der Waals surface area (Å²) in [5.74, 6) is -1.91. The first-order valence-electron chi connectivity index (χ1n) is 10.8. The average Bonchev–Trinajstić information content (AvgIpc) is 3.27. The van der Waals surface area contributed by atoms with Crippen LogP contribution >= 0.6 is 0 Å². The predicted octanol–water partition coefficient (Wildman–Crippen LogP) is 1.76. The molecule has 0 spiro atoms. The molecule has 2 heterocycles. The van der Waals surface area contributed by atoms with Crippen LogP contribution in [-0.2, 0) is 9.59 Å². The van der Waals surface area contributed by atoms with Gasteiger partial charge in [-0.05, 0) is 57.0 Å². The molecule has 3 atom stereocenters. The van der Waals surface area contributed by atoms with Crippen LogP contribution in [0.3, 0.4) is 0 Å². The van der Waals surface area contributed by atoms with Crippen molar-refractivity contribution in [2.24, 2.45) is 0 Å². The molecule has 0 aromatic heterocycles. The lowest BCUT2D eigenvalue weighted by molar-refractivity contribution is -0.136. The molecule has 1 aromatic rings. The van der Waals surface area contributed by atoms with E-state index in [1.54, 1.807) is 12.1 Å². The standard InChI is InChI=1S/C22H28N4O4/c1-3-25(4-2)17-7-5-6-16(17)23-13-8-9-14-15(12-13)22(30)26(21(14)29)18-10-11-19(27)24-20(18)28/h8-9,12,16-18,23H,3-7,10-11H2,1-2H3,(H,24,27,28)/t16-,17+,18?/m0/s1. The van der Waals surface area contributed by atoms with E-state index >= 15 is 0 Å². The maximum absolute atomic E-state index is 13.0. The molecule has 1 saturated carbocycles. The molecule has 8 nitrogen and oxygen atoms in total. The Morgan fingerprint density at radius 3 is 2.47 bits per heavy atom. The van der Waals surface area contributed by atoms with Crippen molar-refractivity contribution in [3.63, 3.8) is 0 Å². The molecule has 1 unspecified atom stereocenters. The van der Waals surface area contributed by atoms with Crippen LogP contribution in [0.2, 0.25) is 0 Å². The fraction of sp³-hybridized carbons (Fsp3) is 0.545. The van der Waals surface area contributed by atoms with E-state index in [1.165, 1.54) is 0 Å². The molecular formula is C22H28N4O4. The van der Waals surface area contributed by atoms with Crippen LogP contribution in [0.25, 0.3) is 0 Å². The number of nitrogens with one attached hydrogen (secondary N) is 2. The summed E-state index contributed by atoms with van der Waals surface area (Å²) in [6.45, 7) is 6.33. The molecule has 0 radical (unpaired) electrons. The van der Waals surface area contributed by atoms with Gasteiger partial charge in [-0.25, -0.2) is 0 Å². The number of anilines is 1. The second kappa shape index (κ2) is 8.18. The van der Waals surface area contributed by atoms with E-state index in [4.69, 9.17) is 0 Å². The van der Waals surface area contributed by atoms with Crippen LogP contribution in [0.1, 0.15) is 66.7 Å². The van der Waals surface area contributed by atoms with Gasteiger partial charge in [0.15, 0.2) is 0 Å². The van der Waals surface area contributed by atoms with Crippen LogP contribution in [0.15, 0.2) is 18.2 Å². The van der Waals surface area contributed by atoms with Crippen molar-refractivity contribution in [3.05, 3.63) is 29.3 Å². The minimum atomic E-state index is -0.937. The van der Waals surface area contributed by atoms with Crippen molar-refractivity contribution >= 4 is 29.3 Å². The third-order valence-corrected chi connectivity index (χ3v) is 6.55. The van der Waals surface area contributed by atoms with Crippen LogP contribution in [-0.4, -0.2) is 64.6 Å². The van der Waals surface area contributed by atoms with Gasteiger partial charge in [-0.2, -0.15) is 0 Å². The maximum Gasteiger partial charge on any atom is 0.262 e. The summed E-state index contributed by atoms with van der Waals surface area (Å²) in [7, 11) is 0. The number of piperidine rings is 1. The predicted molar refractivity (Wildman–Crippen MR) is 111 cm³/mol. The number of rotatable bonds is 6. The average molecular weight is 412 g/mol. The van der Waals surface area contributed by atoms with Gasteiger partial charge in [-0.1, -0.05) is 13.8 Å². The molecule has 160 valence electrons. The van der Waals surface area contributed by atoms with Crippen molar-refractivity contribution < 1.29 is 19.2 Å². The highest BCUT2D eigenvalue weighted by atomic mass is 16.2. The third-order valence-electron chi connectivity index (χ3n) is 6.55. The van der Waals surface area contributed by atoms with Crippen LogP contribution in [0.4, 0.5) is 5.69 Å². The van der Waals surface area contributed by atoms with E-state index in [2.05, 4.69) is 29.4 Å². The molecule has 2 fully saturated rings. The second-order valence-electron chi connectivity index (χ2n) is 8.18. The highest BCUT2D eigenvalue weighted by Crippen LogP contribution is 2.32. The minimum Gasteiger partial charge on any atom is -0.381 e. The summed E-state index contributed by atoms with van der Waals surface area (Å²) >= 11 is 0. The van der Waals surface area contributed by atoms with Crippen molar-refractivity contribution in [2.45, 2.75) is 64.1 Å². The topological polar surface area (TPSA) is 98.8 Å². The monoisotopic (exact) mass is 412 g/mol. The van der Waals surface area contributed by atoms with Gasteiger partial charge in [0.25, 0.3) is 11.8 Å². The minimum absolute atomic E-state index is 0.116. The quantitative estimate of drug-likeness (QED) is 0.691. The summed E-state index contributed by atoms with van der Waals surface area (Å²) in [6, 6.07) is 5.01. The lowest BCUT2D eigenvalue weighted by Gasteiger charge is -2.32. The highest BCUT2D eigenvalue weighted by molar-refractivity contribution is 6.23. The smallest absolute Gasteiger partial charge is 0.262 e. The van der Waals surface area contributed by atoms with Crippen molar-refractivity contribution in [1.82, 2.24) is 15.1 Å². The Kier molecular flexibility index (Phi) is 5.60. The summed E-state index contributed by atoms with van der Waals surface area (Å²) in [5.41, 5.74) is 1.43. The van der Waals surface area contributed by atoms with E-state index < -0.39 is 23.8 Å². The van der Waals surface area contributed by atoms with Gasteiger partial charge in [-0.3, -0.25) is 34.3 Å². The van der Waals surface area contributed by atoms with Gasteiger partial charge < -0.3 is 5.32 Å². The molecule has 1 aromatic carbocycles. The maximum atomic E-state index is 13.0. The first-order valence-corrected chi connectivity index (χ1v) is 10.8. The van der Waals surface area contributed by atoms with Gasteiger partial charge in [0.1, 0.15) is 6.04 Å². The highest BCUT2D eigenvalue weighted by Gasteiger charge is 2.44. The summed E-state index contributed by atoms with van der Waals surface area (Å²) in [5, 5.41) is 5.79. The van der Waals surface area contributed by atoms with E-state index in [-0.39, 0.29) is 18.7 Å². The molecule has 1 aliphatic carbocycles. The molecule has 2 aliphatic heterocycles. The Bertz CT molecular complexity index is 895. The molecule has 2 N–H and O–H groups in total. The largest absolute Gasteiger partial charge is 0.381 e. The number of likely N-dealkylation sites (N-methyl/N-ethyl adjacent to an activating group) is 1. The Morgan fingerprint density at radius 1 is 1.03 bits per heavy atom. The van der Waals surface area contributed by atoms with Crippen LogP contribution < -0.4 is 10.6 Å². The second-order valence-corrected chi connectivity index (χ2v) is 8.18. The zero-order valence-electron chi connectivity index (χ0n) is 17.4. The van der Waals surface area contributed by atoms with Crippen LogP contribution in [0, 0.1) is 0 Å². The van der Waals surface area contributed by atoms with E-state index in [9.17, 15) is 19.2 Å². The molecule has 4 rings (SSSR count). The van der Waals surface area contributed by atoms with E-state index in [0.717, 1.165) is 42.9 Å². The number of hydrogen-bond donors (Lipinski definition) is 2. The summed E-state index contributed by atoms with van der Waals surface area (Å²) in [6.07, 6.45) is 3.64. The summed E-state index contributed by atoms with van der Waals surface area (Å²) in [4.78, 5) is 52.9. The third kappa shape index (κ3) is 3.49. The fourth-order valence-corrected chi connectivity index (χ4v) is 5.01. The van der Waals surface area contributed by atoms with Gasteiger partial charge in [-0.15, -0.1) is 0 Å². The molecule has 3 aliphatic rings. The molecule has 0 bridgehead atoms. The SMILES string of the molecule is CCN(CC)[C@@H]1CCC[C@@H]1Nc1ccc2c(c1)C(=O)N(C1CCC(=O)NC1=O)C2=O. The number of hydrogen-bond acceptors (Lipinski definition) is 6. The molecule has 8 heteroatoms.